The van der Waals surface area contributed by atoms with Crippen molar-refractivity contribution in [1.82, 2.24) is 0 Å². The van der Waals surface area contributed by atoms with Crippen molar-refractivity contribution < 1.29 is 0 Å². The van der Waals surface area contributed by atoms with E-state index in [4.69, 9.17) is 0 Å². The molecule has 0 aromatic heterocycles. The predicted octanol–water partition coefficient (Wildman–Crippen LogP) is 4.34. The highest BCUT2D eigenvalue weighted by molar-refractivity contribution is 5.40. The SMILES string of the molecule is CC1=C(C)C(C)(C)C(C)=C(C)C1C. The minimum Gasteiger partial charge on any atom is -0.0666 e. The standard InChI is InChI=1S/C13H22/c1-8-9(2)11(4)13(6,7)12(5)10(8)3/h8H,1-7H3. The third-order valence-electron chi connectivity index (χ3n) is 4.36. The van der Waals surface area contributed by atoms with E-state index in [2.05, 4.69) is 48.5 Å². The zero-order valence-electron chi connectivity index (χ0n) is 10.1. The van der Waals surface area contributed by atoms with Gasteiger partial charge in [-0.3, -0.25) is 0 Å². The molecule has 0 fully saturated rings. The van der Waals surface area contributed by atoms with Crippen LogP contribution in [0.15, 0.2) is 22.3 Å². The van der Waals surface area contributed by atoms with Crippen molar-refractivity contribution in [3.63, 3.8) is 0 Å². The van der Waals surface area contributed by atoms with Crippen molar-refractivity contribution in [2.24, 2.45) is 11.3 Å². The van der Waals surface area contributed by atoms with Gasteiger partial charge < -0.3 is 0 Å². The number of allylic oxidation sites excluding steroid dienone is 4. The van der Waals surface area contributed by atoms with Crippen LogP contribution in [0.4, 0.5) is 0 Å². The summed E-state index contributed by atoms with van der Waals surface area (Å²) >= 11 is 0. The Labute approximate surface area is 82.7 Å². The van der Waals surface area contributed by atoms with Crippen LogP contribution in [0.3, 0.4) is 0 Å². The van der Waals surface area contributed by atoms with E-state index in [0.717, 1.165) is 0 Å². The third-order valence-corrected chi connectivity index (χ3v) is 4.36. The lowest BCUT2D eigenvalue weighted by Gasteiger charge is -2.38. The lowest BCUT2D eigenvalue weighted by molar-refractivity contribution is 0.488. The molecule has 0 unspecified atom stereocenters. The first-order valence-corrected chi connectivity index (χ1v) is 5.15. The molecule has 0 radical (unpaired) electrons. The van der Waals surface area contributed by atoms with Gasteiger partial charge in [0.25, 0.3) is 0 Å². The van der Waals surface area contributed by atoms with E-state index in [9.17, 15) is 0 Å². The fourth-order valence-corrected chi connectivity index (χ4v) is 2.24. The van der Waals surface area contributed by atoms with Gasteiger partial charge in [-0.2, -0.15) is 0 Å². The summed E-state index contributed by atoms with van der Waals surface area (Å²) < 4.78 is 0. The molecule has 0 saturated heterocycles. The molecular formula is C13H22. The molecule has 1 aliphatic rings. The highest BCUT2D eigenvalue weighted by Gasteiger charge is 2.31. The molecule has 0 heterocycles. The van der Waals surface area contributed by atoms with Crippen LogP contribution >= 0.6 is 0 Å². The Hall–Kier alpha value is -0.520. The molecule has 0 atom stereocenters. The van der Waals surface area contributed by atoms with E-state index in [1.165, 1.54) is 0 Å². The van der Waals surface area contributed by atoms with Gasteiger partial charge >= 0.3 is 0 Å². The van der Waals surface area contributed by atoms with Crippen molar-refractivity contribution in [2.45, 2.75) is 48.5 Å². The minimum absolute atomic E-state index is 0.278. The summed E-state index contributed by atoms with van der Waals surface area (Å²) in [6.45, 7) is 16.1. The van der Waals surface area contributed by atoms with Gasteiger partial charge in [-0.05, 0) is 33.6 Å². The average molecular weight is 178 g/mol. The Morgan fingerprint density at radius 3 is 1.46 bits per heavy atom. The number of rotatable bonds is 0. The molecule has 0 N–H and O–H groups in total. The summed E-state index contributed by atoms with van der Waals surface area (Å²) in [5.74, 6) is 0.646. The zero-order chi connectivity index (χ0) is 10.4. The Balaban J connectivity index is 3.30. The predicted molar refractivity (Wildman–Crippen MR) is 59.7 cm³/mol. The van der Waals surface area contributed by atoms with Crippen molar-refractivity contribution in [3.05, 3.63) is 22.3 Å². The molecule has 1 rings (SSSR count). The van der Waals surface area contributed by atoms with Crippen LogP contribution in [0.1, 0.15) is 48.5 Å². The van der Waals surface area contributed by atoms with Crippen LogP contribution in [0.2, 0.25) is 0 Å². The summed E-state index contributed by atoms with van der Waals surface area (Å²) in [4.78, 5) is 0. The monoisotopic (exact) mass is 178 g/mol. The molecule has 0 nitrogen and oxygen atoms in total. The summed E-state index contributed by atoms with van der Waals surface area (Å²) in [5, 5.41) is 0. The second-order valence-electron chi connectivity index (χ2n) is 4.96. The summed E-state index contributed by atoms with van der Waals surface area (Å²) in [6, 6.07) is 0. The van der Waals surface area contributed by atoms with Gasteiger partial charge in [0.15, 0.2) is 0 Å². The zero-order valence-corrected chi connectivity index (χ0v) is 10.1. The fourth-order valence-electron chi connectivity index (χ4n) is 2.24. The number of hydrogen-bond donors (Lipinski definition) is 0. The van der Waals surface area contributed by atoms with E-state index in [1.807, 2.05) is 0 Å². The van der Waals surface area contributed by atoms with Gasteiger partial charge in [-0.25, -0.2) is 0 Å². The molecule has 0 saturated carbocycles. The molecular weight excluding hydrogens is 156 g/mol. The summed E-state index contributed by atoms with van der Waals surface area (Å²) in [6.07, 6.45) is 0. The van der Waals surface area contributed by atoms with Gasteiger partial charge in [0, 0.05) is 5.41 Å². The molecule has 0 aliphatic heterocycles. The first kappa shape index (κ1) is 10.6. The first-order chi connectivity index (χ1) is 5.80. The first-order valence-electron chi connectivity index (χ1n) is 5.15. The third kappa shape index (κ3) is 1.37. The summed E-state index contributed by atoms with van der Waals surface area (Å²) in [7, 11) is 0. The Morgan fingerprint density at radius 1 is 0.846 bits per heavy atom. The maximum absolute atomic E-state index is 2.33. The van der Waals surface area contributed by atoms with Crippen molar-refractivity contribution in [3.8, 4) is 0 Å². The van der Waals surface area contributed by atoms with E-state index in [0.29, 0.717) is 5.92 Å². The average Bonchev–Trinajstić information content (AvgIpc) is 2.09. The summed E-state index contributed by atoms with van der Waals surface area (Å²) in [5.41, 5.74) is 6.52. The Kier molecular flexibility index (Phi) is 2.44. The Morgan fingerprint density at radius 2 is 1.15 bits per heavy atom. The maximum atomic E-state index is 2.33. The largest absolute Gasteiger partial charge is 0.0666 e. The fraction of sp³-hybridized carbons (Fsp3) is 0.692. The van der Waals surface area contributed by atoms with E-state index >= 15 is 0 Å². The topological polar surface area (TPSA) is 0 Å². The van der Waals surface area contributed by atoms with E-state index < -0.39 is 0 Å². The molecule has 0 aromatic carbocycles. The molecule has 0 bridgehead atoms. The normalized spacial score (nSPS) is 24.2. The minimum atomic E-state index is 0.278. The highest BCUT2D eigenvalue weighted by atomic mass is 14.4. The van der Waals surface area contributed by atoms with Crippen LogP contribution < -0.4 is 0 Å². The van der Waals surface area contributed by atoms with Crippen LogP contribution in [-0.2, 0) is 0 Å². The molecule has 0 amide bonds. The van der Waals surface area contributed by atoms with Crippen molar-refractivity contribution in [2.75, 3.05) is 0 Å². The van der Waals surface area contributed by atoms with Gasteiger partial charge in [0.2, 0.25) is 0 Å². The van der Waals surface area contributed by atoms with Crippen LogP contribution in [0, 0.1) is 11.3 Å². The molecule has 1 aliphatic carbocycles. The van der Waals surface area contributed by atoms with Crippen molar-refractivity contribution >= 4 is 0 Å². The maximum Gasteiger partial charge on any atom is 0.00640 e. The highest BCUT2D eigenvalue weighted by Crippen LogP contribution is 2.45. The lowest BCUT2D eigenvalue weighted by Crippen LogP contribution is -2.24. The van der Waals surface area contributed by atoms with Crippen LogP contribution in [0.25, 0.3) is 0 Å². The Bertz CT molecular complexity index is 259. The molecule has 74 valence electrons. The van der Waals surface area contributed by atoms with E-state index in [1.54, 1.807) is 22.3 Å². The molecule has 0 heteroatoms. The quantitative estimate of drug-likeness (QED) is 0.484. The molecule has 0 spiro atoms. The van der Waals surface area contributed by atoms with Gasteiger partial charge in [-0.1, -0.05) is 43.1 Å². The molecule has 0 aromatic rings. The van der Waals surface area contributed by atoms with Gasteiger partial charge in [0.1, 0.15) is 0 Å². The van der Waals surface area contributed by atoms with Crippen molar-refractivity contribution in [1.29, 1.82) is 0 Å². The lowest BCUT2D eigenvalue weighted by atomic mass is 9.67. The number of hydrogen-bond acceptors (Lipinski definition) is 0. The second-order valence-corrected chi connectivity index (χ2v) is 4.96. The smallest absolute Gasteiger partial charge is 0.00640 e. The van der Waals surface area contributed by atoms with Gasteiger partial charge in [-0.15, -0.1) is 0 Å². The van der Waals surface area contributed by atoms with E-state index in [-0.39, 0.29) is 5.41 Å². The second kappa shape index (κ2) is 3.01. The molecule has 13 heavy (non-hydrogen) atoms. The van der Waals surface area contributed by atoms with Crippen LogP contribution in [-0.4, -0.2) is 0 Å². The van der Waals surface area contributed by atoms with Gasteiger partial charge in [0.05, 0.1) is 0 Å². The van der Waals surface area contributed by atoms with Crippen LogP contribution in [0.5, 0.6) is 0 Å².